The minimum atomic E-state index is -0.930. The normalized spacial score (nSPS) is 19.8. The van der Waals surface area contributed by atoms with Gasteiger partial charge in [0.2, 0.25) is 0 Å². The standard InChI is InChI=1S/C11H12BrNO5/c12-9-3-7(6-18-9)11(16)13-1-2-17-8(5-13)4-10(14)15/h3,6,8H,1-2,4-5H2,(H,14,15)/t8-/m1/s1. The number of halogens is 1. The molecule has 1 aromatic heterocycles. The van der Waals surface area contributed by atoms with E-state index in [-0.39, 0.29) is 18.9 Å². The van der Waals surface area contributed by atoms with Crippen molar-refractivity contribution in [2.45, 2.75) is 12.5 Å². The average Bonchev–Trinajstić information content (AvgIpc) is 2.74. The largest absolute Gasteiger partial charge is 0.481 e. The molecule has 1 saturated heterocycles. The van der Waals surface area contributed by atoms with E-state index in [9.17, 15) is 9.59 Å². The van der Waals surface area contributed by atoms with E-state index in [2.05, 4.69) is 15.9 Å². The predicted octanol–water partition coefficient (Wildman–Crippen LogP) is 1.36. The number of carbonyl (C=O) groups is 2. The molecule has 1 aliphatic rings. The lowest BCUT2D eigenvalue weighted by molar-refractivity contribution is -0.141. The molecule has 1 amide bonds. The zero-order chi connectivity index (χ0) is 13.1. The second-order valence-corrected chi connectivity index (χ2v) is 4.76. The van der Waals surface area contributed by atoms with Gasteiger partial charge in [0, 0.05) is 19.2 Å². The molecule has 1 N–H and O–H groups in total. The van der Waals surface area contributed by atoms with Crippen LogP contribution in [-0.4, -0.2) is 47.7 Å². The molecule has 0 aromatic carbocycles. The number of morpholine rings is 1. The lowest BCUT2D eigenvalue weighted by atomic mass is 10.2. The zero-order valence-corrected chi connectivity index (χ0v) is 11.1. The Hall–Kier alpha value is -1.34. The average molecular weight is 318 g/mol. The van der Waals surface area contributed by atoms with Gasteiger partial charge in [0.15, 0.2) is 4.67 Å². The van der Waals surface area contributed by atoms with Crippen LogP contribution in [-0.2, 0) is 9.53 Å². The summed E-state index contributed by atoms with van der Waals surface area (Å²) in [5.41, 5.74) is 0.442. The van der Waals surface area contributed by atoms with E-state index in [1.165, 1.54) is 6.26 Å². The lowest BCUT2D eigenvalue weighted by Gasteiger charge is -2.32. The number of carbonyl (C=O) groups excluding carboxylic acids is 1. The van der Waals surface area contributed by atoms with Crippen molar-refractivity contribution >= 4 is 27.8 Å². The molecular formula is C11H12BrNO5. The number of amides is 1. The minimum Gasteiger partial charge on any atom is -0.481 e. The third-order valence-electron chi connectivity index (χ3n) is 2.64. The Labute approximate surface area is 112 Å². The van der Waals surface area contributed by atoms with E-state index in [4.69, 9.17) is 14.3 Å². The number of aliphatic carboxylic acids is 1. The molecule has 98 valence electrons. The van der Waals surface area contributed by atoms with Crippen LogP contribution in [0.15, 0.2) is 21.4 Å². The van der Waals surface area contributed by atoms with Crippen LogP contribution in [0.1, 0.15) is 16.8 Å². The first-order chi connectivity index (χ1) is 8.56. The number of rotatable bonds is 3. The summed E-state index contributed by atoms with van der Waals surface area (Å²) in [4.78, 5) is 24.3. The van der Waals surface area contributed by atoms with Gasteiger partial charge in [0.05, 0.1) is 24.7 Å². The maximum atomic E-state index is 12.1. The van der Waals surface area contributed by atoms with E-state index < -0.39 is 12.1 Å². The summed E-state index contributed by atoms with van der Waals surface area (Å²) >= 11 is 3.13. The van der Waals surface area contributed by atoms with Crippen LogP contribution in [0.4, 0.5) is 0 Å². The molecule has 1 aliphatic heterocycles. The highest BCUT2D eigenvalue weighted by Crippen LogP contribution is 2.18. The van der Waals surface area contributed by atoms with Crippen molar-refractivity contribution in [2.75, 3.05) is 19.7 Å². The van der Waals surface area contributed by atoms with E-state index in [0.29, 0.717) is 23.4 Å². The Kier molecular flexibility index (Phi) is 4.03. The molecule has 1 fully saturated rings. The summed E-state index contributed by atoms with van der Waals surface area (Å²) in [6, 6.07) is 1.59. The third-order valence-corrected chi connectivity index (χ3v) is 3.06. The molecule has 0 unspecified atom stereocenters. The fourth-order valence-electron chi connectivity index (χ4n) is 1.83. The summed E-state index contributed by atoms with van der Waals surface area (Å²) in [6.45, 7) is 1.09. The minimum absolute atomic E-state index is 0.0984. The quantitative estimate of drug-likeness (QED) is 0.910. The van der Waals surface area contributed by atoms with Crippen LogP contribution < -0.4 is 0 Å². The number of carboxylic acids is 1. The van der Waals surface area contributed by atoms with Gasteiger partial charge in [-0.25, -0.2) is 0 Å². The molecule has 0 radical (unpaired) electrons. The van der Waals surface area contributed by atoms with Crippen molar-refractivity contribution in [2.24, 2.45) is 0 Å². The number of furan rings is 1. The van der Waals surface area contributed by atoms with Crippen molar-refractivity contribution in [1.82, 2.24) is 4.90 Å². The number of ether oxygens (including phenoxy) is 1. The summed E-state index contributed by atoms with van der Waals surface area (Å²) in [5, 5.41) is 8.71. The summed E-state index contributed by atoms with van der Waals surface area (Å²) in [5.74, 6) is -1.11. The monoisotopic (exact) mass is 317 g/mol. The van der Waals surface area contributed by atoms with Crippen molar-refractivity contribution in [3.63, 3.8) is 0 Å². The van der Waals surface area contributed by atoms with Crippen LogP contribution in [0.25, 0.3) is 0 Å². The fourth-order valence-corrected chi connectivity index (χ4v) is 2.17. The van der Waals surface area contributed by atoms with Gasteiger partial charge in [-0.3, -0.25) is 9.59 Å². The van der Waals surface area contributed by atoms with Gasteiger partial charge in [-0.2, -0.15) is 0 Å². The van der Waals surface area contributed by atoms with E-state index in [0.717, 1.165) is 0 Å². The molecule has 2 heterocycles. The Balaban J connectivity index is 2.00. The van der Waals surface area contributed by atoms with Gasteiger partial charge in [0.25, 0.3) is 5.91 Å². The molecule has 1 atom stereocenters. The van der Waals surface area contributed by atoms with Crippen LogP contribution >= 0.6 is 15.9 Å². The molecule has 0 aliphatic carbocycles. The Morgan fingerprint density at radius 2 is 2.33 bits per heavy atom. The highest BCUT2D eigenvalue weighted by Gasteiger charge is 2.27. The molecule has 2 rings (SSSR count). The second-order valence-electron chi connectivity index (χ2n) is 3.98. The van der Waals surface area contributed by atoms with Gasteiger partial charge < -0.3 is 19.2 Å². The first-order valence-corrected chi connectivity index (χ1v) is 6.22. The summed E-state index contributed by atoms with van der Waals surface area (Å²) < 4.78 is 10.8. The summed E-state index contributed by atoms with van der Waals surface area (Å²) in [7, 11) is 0. The predicted molar refractivity (Wildman–Crippen MR) is 64.3 cm³/mol. The molecule has 1 aromatic rings. The van der Waals surface area contributed by atoms with Crippen molar-refractivity contribution in [3.05, 3.63) is 22.6 Å². The van der Waals surface area contributed by atoms with Crippen LogP contribution in [0, 0.1) is 0 Å². The van der Waals surface area contributed by atoms with Crippen molar-refractivity contribution in [3.8, 4) is 0 Å². The van der Waals surface area contributed by atoms with Gasteiger partial charge in [-0.05, 0) is 15.9 Å². The number of carboxylic acid groups (broad SMARTS) is 1. The molecule has 18 heavy (non-hydrogen) atoms. The molecule has 7 heteroatoms. The third kappa shape index (κ3) is 3.11. The van der Waals surface area contributed by atoms with Crippen molar-refractivity contribution in [1.29, 1.82) is 0 Å². The number of hydrogen-bond donors (Lipinski definition) is 1. The van der Waals surface area contributed by atoms with E-state index in [1.807, 2.05) is 0 Å². The van der Waals surface area contributed by atoms with Gasteiger partial charge in [-0.1, -0.05) is 0 Å². The van der Waals surface area contributed by atoms with E-state index in [1.54, 1.807) is 11.0 Å². The highest BCUT2D eigenvalue weighted by molar-refractivity contribution is 9.10. The highest BCUT2D eigenvalue weighted by atomic mass is 79.9. The van der Waals surface area contributed by atoms with E-state index >= 15 is 0 Å². The van der Waals surface area contributed by atoms with Gasteiger partial charge >= 0.3 is 5.97 Å². The molecule has 0 saturated carbocycles. The second kappa shape index (κ2) is 5.53. The molecule has 0 bridgehead atoms. The number of nitrogens with zero attached hydrogens (tertiary/aromatic N) is 1. The van der Waals surface area contributed by atoms with Gasteiger partial charge in [0.1, 0.15) is 6.26 Å². The molecular weight excluding hydrogens is 306 g/mol. The Bertz CT molecular complexity index is 458. The Morgan fingerprint density at radius 3 is 2.94 bits per heavy atom. The topological polar surface area (TPSA) is 80.0 Å². The first kappa shape index (κ1) is 13.1. The summed E-state index contributed by atoms with van der Waals surface area (Å²) in [6.07, 6.45) is 0.822. The van der Waals surface area contributed by atoms with Gasteiger partial charge in [-0.15, -0.1) is 0 Å². The molecule has 6 nitrogen and oxygen atoms in total. The van der Waals surface area contributed by atoms with Crippen LogP contribution in [0.3, 0.4) is 0 Å². The fraction of sp³-hybridized carbons (Fsp3) is 0.455. The maximum Gasteiger partial charge on any atom is 0.306 e. The number of hydrogen-bond acceptors (Lipinski definition) is 4. The lowest BCUT2D eigenvalue weighted by Crippen LogP contribution is -2.46. The SMILES string of the molecule is O=C(O)C[C@@H]1CN(C(=O)c2coc(Br)c2)CCO1. The Morgan fingerprint density at radius 1 is 1.56 bits per heavy atom. The van der Waals surface area contributed by atoms with Crippen LogP contribution in [0.5, 0.6) is 0 Å². The van der Waals surface area contributed by atoms with Crippen LogP contribution in [0.2, 0.25) is 0 Å². The molecule has 0 spiro atoms. The first-order valence-electron chi connectivity index (χ1n) is 5.43. The van der Waals surface area contributed by atoms with Crippen molar-refractivity contribution < 1.29 is 23.8 Å². The zero-order valence-electron chi connectivity index (χ0n) is 9.47. The maximum absolute atomic E-state index is 12.1. The smallest absolute Gasteiger partial charge is 0.306 e.